The number of nitrogens with zero attached hydrogens (tertiary/aromatic N) is 2. The number of imidazole rings is 1. The van der Waals surface area contributed by atoms with Crippen molar-refractivity contribution in [2.24, 2.45) is 5.92 Å². The molecule has 0 bridgehead atoms. The van der Waals surface area contributed by atoms with E-state index < -0.39 is 26.5 Å². The zero-order valence-electron chi connectivity index (χ0n) is 31.3. The molecule has 4 aromatic carbocycles. The number of carbonyl (C=O) groups excluding carboxylic acids is 2. The van der Waals surface area contributed by atoms with Crippen LogP contribution in [-0.4, -0.2) is 29.1 Å². The summed E-state index contributed by atoms with van der Waals surface area (Å²) in [7, 11) is -4.66. The second-order valence-corrected chi connectivity index (χ2v) is 16.8. The molecule has 1 heterocycles. The third-order valence-corrected chi connectivity index (χ3v) is 13.1. The van der Waals surface area contributed by atoms with E-state index in [0.29, 0.717) is 17.2 Å². The summed E-state index contributed by atoms with van der Waals surface area (Å²) < 4.78 is 37.7. The maximum atomic E-state index is 15.0. The van der Waals surface area contributed by atoms with Gasteiger partial charge in [0.25, 0.3) is 5.12 Å². The van der Waals surface area contributed by atoms with Gasteiger partial charge in [-0.15, -0.1) is 0 Å². The van der Waals surface area contributed by atoms with Crippen LogP contribution in [0.25, 0.3) is 0 Å². The Kier molecular flexibility index (Phi) is 11.3. The van der Waals surface area contributed by atoms with Crippen molar-refractivity contribution in [3.8, 4) is 5.75 Å². The predicted octanol–water partition coefficient (Wildman–Crippen LogP) is 10.4. The van der Waals surface area contributed by atoms with Gasteiger partial charge in [0, 0.05) is 12.5 Å². The number of rotatable bonds is 14. The number of unbranched alkanes of at least 4 members (excludes halogenated alkanes) is 2. The fourth-order valence-electron chi connectivity index (χ4n) is 8.84. The van der Waals surface area contributed by atoms with Gasteiger partial charge >= 0.3 is 5.97 Å². The lowest BCUT2D eigenvalue weighted by Crippen LogP contribution is -2.39. The van der Waals surface area contributed by atoms with E-state index in [-0.39, 0.29) is 22.4 Å². The quantitative estimate of drug-likeness (QED) is 0.0487. The molecule has 5 aromatic rings. The summed E-state index contributed by atoms with van der Waals surface area (Å²) in [6.07, 6.45) is 14.4. The molecular formula is C46H50N2O5S. The van der Waals surface area contributed by atoms with Gasteiger partial charge in [0.2, 0.25) is 9.84 Å². The highest BCUT2D eigenvalue weighted by Gasteiger charge is 2.45. The molecule has 2 saturated carbocycles. The second-order valence-electron chi connectivity index (χ2n) is 15.0. The van der Waals surface area contributed by atoms with Gasteiger partial charge < -0.3 is 9.30 Å². The lowest BCUT2D eigenvalue weighted by Gasteiger charge is -2.38. The van der Waals surface area contributed by atoms with Crippen molar-refractivity contribution in [3.05, 3.63) is 149 Å². The molecule has 54 heavy (non-hydrogen) atoms. The number of esters is 1. The van der Waals surface area contributed by atoms with E-state index in [1.165, 1.54) is 32.4 Å². The van der Waals surface area contributed by atoms with Gasteiger partial charge in [-0.1, -0.05) is 143 Å². The first-order valence-corrected chi connectivity index (χ1v) is 21.1. The number of sulfone groups is 1. The lowest BCUT2D eigenvalue weighted by atomic mass is 9.74. The Balaban J connectivity index is 1.40. The largest absolute Gasteiger partial charge is 0.426 e. The Morgan fingerprint density at radius 1 is 0.796 bits per heavy atom. The van der Waals surface area contributed by atoms with Crippen LogP contribution in [0.4, 0.5) is 0 Å². The minimum absolute atomic E-state index is 0.0638. The smallest absolute Gasteiger partial charge is 0.308 e. The van der Waals surface area contributed by atoms with E-state index in [9.17, 15) is 18.0 Å². The summed E-state index contributed by atoms with van der Waals surface area (Å²) in [5.41, 5.74) is 2.68. The van der Waals surface area contributed by atoms with Crippen LogP contribution in [0.3, 0.4) is 0 Å². The molecule has 0 aliphatic heterocycles. The summed E-state index contributed by atoms with van der Waals surface area (Å²) in [5, 5.41) is -1.05. The monoisotopic (exact) mass is 742 g/mol. The molecule has 0 amide bonds. The van der Waals surface area contributed by atoms with E-state index in [2.05, 4.69) is 11.9 Å². The normalized spacial score (nSPS) is 15.8. The van der Waals surface area contributed by atoms with E-state index >= 15 is 0 Å². The molecule has 0 unspecified atom stereocenters. The van der Waals surface area contributed by atoms with Crippen molar-refractivity contribution in [1.29, 1.82) is 0 Å². The van der Waals surface area contributed by atoms with Gasteiger partial charge in [0.1, 0.15) is 17.0 Å². The zero-order valence-corrected chi connectivity index (χ0v) is 32.1. The van der Waals surface area contributed by atoms with Crippen molar-refractivity contribution in [3.63, 3.8) is 0 Å². The minimum atomic E-state index is -4.66. The summed E-state index contributed by atoms with van der Waals surface area (Å²) in [5.74, 6) is 0.304. The Morgan fingerprint density at radius 3 is 1.89 bits per heavy atom. The van der Waals surface area contributed by atoms with Crippen molar-refractivity contribution in [2.75, 3.05) is 0 Å². The molecular weight excluding hydrogens is 693 g/mol. The third kappa shape index (κ3) is 7.20. The molecule has 2 aliphatic carbocycles. The molecule has 0 radical (unpaired) electrons. The highest BCUT2D eigenvalue weighted by atomic mass is 32.2. The zero-order chi connectivity index (χ0) is 37.7. The van der Waals surface area contributed by atoms with Crippen LogP contribution in [-0.2, 0) is 20.2 Å². The third-order valence-electron chi connectivity index (χ3n) is 11.5. The van der Waals surface area contributed by atoms with Crippen LogP contribution in [0.2, 0.25) is 0 Å². The minimum Gasteiger partial charge on any atom is -0.426 e. The number of aromatic nitrogens is 2. The van der Waals surface area contributed by atoms with Crippen LogP contribution in [0.5, 0.6) is 5.75 Å². The number of hydrogen-bond acceptors (Lipinski definition) is 6. The standard InChI is InChI=1S/C46H50N2O5S/c1-3-4-9-26-39(34-18-10-5-11-19-34)40-29-30-42(43(35-27-28-35)44(40)53-33(2)49)54(51,52)45(50)41-31-47-32-48(41)46(36-20-12-6-13-21-36,37-22-14-7-15-23-37)38-24-16-8-17-25-38/h6-8,12-17,20-25,29-32,34-35,39H,3-5,9-11,18-19,26-28H2,1-2H3/t39-/m1/s1. The van der Waals surface area contributed by atoms with Gasteiger partial charge in [-0.25, -0.2) is 13.4 Å². The fourth-order valence-corrected chi connectivity index (χ4v) is 10.3. The van der Waals surface area contributed by atoms with E-state index in [1.807, 2.05) is 97.1 Å². The van der Waals surface area contributed by atoms with Crippen molar-refractivity contribution >= 4 is 20.9 Å². The molecule has 0 spiro atoms. The summed E-state index contributed by atoms with van der Waals surface area (Å²) in [4.78, 5) is 32.1. The Hall–Kier alpha value is -4.82. The first-order chi connectivity index (χ1) is 26.3. The van der Waals surface area contributed by atoms with Gasteiger partial charge in [-0.3, -0.25) is 9.59 Å². The molecule has 0 saturated heterocycles. The Labute approximate surface area is 319 Å². The number of benzene rings is 4. The van der Waals surface area contributed by atoms with Crippen LogP contribution in [0.15, 0.2) is 121 Å². The number of hydrogen-bond donors (Lipinski definition) is 0. The van der Waals surface area contributed by atoms with Gasteiger partial charge in [0.05, 0.1) is 17.4 Å². The Morgan fingerprint density at radius 2 is 1.37 bits per heavy atom. The van der Waals surface area contributed by atoms with E-state index in [1.54, 1.807) is 17.0 Å². The van der Waals surface area contributed by atoms with Crippen LogP contribution >= 0.6 is 0 Å². The molecule has 2 aliphatic rings. The molecule has 7 nitrogen and oxygen atoms in total. The second kappa shape index (κ2) is 16.3. The molecule has 8 heteroatoms. The lowest BCUT2D eigenvalue weighted by molar-refractivity contribution is -0.132. The molecule has 280 valence electrons. The average Bonchev–Trinajstić information content (AvgIpc) is 3.93. The molecule has 7 rings (SSSR count). The van der Waals surface area contributed by atoms with Crippen molar-refractivity contribution < 1.29 is 22.7 Å². The topological polar surface area (TPSA) is 95.3 Å². The molecule has 1 atom stereocenters. The summed E-state index contributed by atoms with van der Waals surface area (Å²) in [6, 6.07) is 32.8. The van der Waals surface area contributed by atoms with Crippen molar-refractivity contribution in [1.82, 2.24) is 9.55 Å². The van der Waals surface area contributed by atoms with Gasteiger partial charge in [-0.2, -0.15) is 0 Å². The number of ether oxygens (including phenoxy) is 1. The van der Waals surface area contributed by atoms with Crippen LogP contribution < -0.4 is 4.74 Å². The molecule has 0 N–H and O–H groups in total. The van der Waals surface area contributed by atoms with Gasteiger partial charge in [-0.05, 0) is 78.2 Å². The van der Waals surface area contributed by atoms with E-state index in [0.717, 1.165) is 73.6 Å². The average molecular weight is 743 g/mol. The fraction of sp³-hybridized carbons (Fsp3) is 0.370. The highest BCUT2D eigenvalue weighted by molar-refractivity contribution is 8.06. The molecule has 2 fully saturated rings. The van der Waals surface area contributed by atoms with Gasteiger partial charge in [0.15, 0.2) is 0 Å². The summed E-state index contributed by atoms with van der Waals surface area (Å²) >= 11 is 0. The highest BCUT2D eigenvalue weighted by Crippen LogP contribution is 2.52. The summed E-state index contributed by atoms with van der Waals surface area (Å²) in [6.45, 7) is 3.56. The van der Waals surface area contributed by atoms with E-state index in [4.69, 9.17) is 4.74 Å². The van der Waals surface area contributed by atoms with Crippen LogP contribution in [0.1, 0.15) is 135 Å². The Bertz CT molecular complexity index is 2070. The van der Waals surface area contributed by atoms with Crippen LogP contribution in [0, 0.1) is 5.92 Å². The maximum Gasteiger partial charge on any atom is 0.308 e. The predicted molar refractivity (Wildman–Crippen MR) is 212 cm³/mol. The first kappa shape index (κ1) is 37.5. The number of carbonyl (C=O) groups is 2. The van der Waals surface area contributed by atoms with Crippen molar-refractivity contribution in [2.45, 2.75) is 107 Å². The molecule has 1 aromatic heterocycles. The maximum absolute atomic E-state index is 15.0. The SMILES string of the molecule is CCCCC[C@@H](c1ccc(S(=O)(=O)C(=O)c2cncn2C(c2ccccc2)(c2ccccc2)c2ccccc2)c(C2CC2)c1OC(C)=O)C1CCCCC1. The first-order valence-electron chi connectivity index (χ1n) is 19.6.